The Balaban J connectivity index is 2.45. The van der Waals surface area contributed by atoms with E-state index in [1.807, 2.05) is 17.5 Å². The van der Waals surface area contributed by atoms with Gasteiger partial charge in [0.1, 0.15) is 0 Å². The fourth-order valence-electron chi connectivity index (χ4n) is 1.31. The van der Waals surface area contributed by atoms with E-state index in [1.54, 1.807) is 6.21 Å². The molecule has 1 fully saturated rings. The Morgan fingerprint density at radius 2 is 2.53 bits per heavy atom. The van der Waals surface area contributed by atoms with Gasteiger partial charge in [-0.15, -0.1) is 11.8 Å². The van der Waals surface area contributed by atoms with Crippen molar-refractivity contribution in [1.82, 2.24) is 8.61 Å². The van der Waals surface area contributed by atoms with Crippen molar-refractivity contribution in [2.75, 3.05) is 31.8 Å². The second kappa shape index (κ2) is 7.80. The SMILES string of the molecule is CC=NC1CN(SN(CSC)C(=O)O)CCO1. The summed E-state index contributed by atoms with van der Waals surface area (Å²) in [4.78, 5) is 15.1. The number of hydrogen-bond donors (Lipinski definition) is 1. The van der Waals surface area contributed by atoms with Crippen LogP contribution in [0.3, 0.4) is 0 Å². The van der Waals surface area contributed by atoms with E-state index < -0.39 is 6.09 Å². The van der Waals surface area contributed by atoms with Crippen molar-refractivity contribution in [2.24, 2.45) is 4.99 Å². The standard InChI is InChI=1S/C9H17N3O3S2/c1-3-10-8-6-11(4-5-15-8)17-12(7-16-2)9(13)14/h3,8H,4-7H2,1-2H3,(H,13,14). The fraction of sp³-hybridized carbons (Fsp3) is 0.778. The van der Waals surface area contributed by atoms with Crippen LogP contribution in [-0.2, 0) is 4.74 Å². The molecule has 1 atom stereocenters. The smallest absolute Gasteiger partial charge is 0.419 e. The molecule has 0 radical (unpaired) electrons. The predicted molar refractivity (Wildman–Crippen MR) is 71.3 cm³/mol. The molecule has 1 N–H and O–H groups in total. The monoisotopic (exact) mass is 279 g/mol. The summed E-state index contributed by atoms with van der Waals surface area (Å²) in [5.74, 6) is 0.444. The van der Waals surface area contributed by atoms with E-state index in [0.29, 0.717) is 25.6 Å². The molecule has 98 valence electrons. The average Bonchev–Trinajstić information content (AvgIpc) is 2.29. The number of rotatable bonds is 5. The minimum Gasteiger partial charge on any atom is -0.464 e. The van der Waals surface area contributed by atoms with E-state index in [9.17, 15) is 4.79 Å². The van der Waals surface area contributed by atoms with Gasteiger partial charge in [0.05, 0.1) is 19.0 Å². The highest BCUT2D eigenvalue weighted by atomic mass is 32.2. The van der Waals surface area contributed by atoms with Gasteiger partial charge >= 0.3 is 6.09 Å². The minimum atomic E-state index is -0.925. The minimum absolute atomic E-state index is 0.189. The molecule has 0 aliphatic carbocycles. The molecule has 0 aromatic rings. The number of nitrogens with zero attached hydrogens (tertiary/aromatic N) is 3. The maximum absolute atomic E-state index is 11.0. The van der Waals surface area contributed by atoms with E-state index in [1.165, 1.54) is 28.2 Å². The molecule has 1 aliphatic heterocycles. The summed E-state index contributed by atoms with van der Waals surface area (Å²) >= 11 is 2.69. The van der Waals surface area contributed by atoms with Gasteiger partial charge in [-0.2, -0.15) is 0 Å². The summed E-state index contributed by atoms with van der Waals surface area (Å²) < 4.78 is 8.70. The van der Waals surface area contributed by atoms with Crippen molar-refractivity contribution >= 4 is 36.2 Å². The van der Waals surface area contributed by atoms with Gasteiger partial charge in [-0.05, 0) is 19.4 Å². The lowest BCUT2D eigenvalue weighted by Crippen LogP contribution is -2.40. The first-order valence-corrected chi connectivity index (χ1v) is 7.31. The van der Waals surface area contributed by atoms with E-state index in [4.69, 9.17) is 9.84 Å². The first kappa shape index (κ1) is 14.6. The fourth-order valence-corrected chi connectivity index (χ4v) is 2.86. The Labute approximate surface area is 110 Å². The molecular formula is C9H17N3O3S2. The van der Waals surface area contributed by atoms with Crippen LogP contribution < -0.4 is 0 Å². The molecule has 0 aromatic heterocycles. The largest absolute Gasteiger partial charge is 0.464 e. The summed E-state index contributed by atoms with van der Waals surface area (Å²) in [5, 5.41) is 9.01. The number of hydrogen-bond acceptors (Lipinski definition) is 6. The Hall–Kier alpha value is -0.440. The van der Waals surface area contributed by atoms with E-state index in [-0.39, 0.29) is 6.23 Å². The lowest BCUT2D eigenvalue weighted by atomic mass is 10.4. The molecule has 0 aromatic carbocycles. The summed E-state index contributed by atoms with van der Waals surface area (Å²) in [5.41, 5.74) is 0. The topological polar surface area (TPSA) is 65.4 Å². The molecule has 1 heterocycles. The van der Waals surface area contributed by atoms with Crippen LogP contribution in [0.15, 0.2) is 4.99 Å². The van der Waals surface area contributed by atoms with E-state index in [0.717, 1.165) is 0 Å². The van der Waals surface area contributed by atoms with Gasteiger partial charge in [0.2, 0.25) is 0 Å². The third kappa shape index (κ3) is 5.15. The molecule has 0 spiro atoms. The third-order valence-corrected chi connectivity index (χ3v) is 3.72. The van der Waals surface area contributed by atoms with E-state index in [2.05, 4.69) is 4.99 Å². The number of thioether (sulfide) groups is 1. The second-order valence-electron chi connectivity index (χ2n) is 3.28. The van der Waals surface area contributed by atoms with Gasteiger partial charge in [-0.1, -0.05) is 0 Å². The van der Waals surface area contributed by atoms with Crippen molar-refractivity contribution in [1.29, 1.82) is 0 Å². The first-order valence-electron chi connectivity index (χ1n) is 5.19. The summed E-state index contributed by atoms with van der Waals surface area (Å²) in [7, 11) is 0. The maximum Gasteiger partial charge on any atom is 0.419 e. The zero-order valence-electron chi connectivity index (χ0n) is 9.90. The molecule has 17 heavy (non-hydrogen) atoms. The molecule has 0 saturated carbocycles. The zero-order valence-corrected chi connectivity index (χ0v) is 11.5. The van der Waals surface area contributed by atoms with Crippen LogP contribution in [0.25, 0.3) is 0 Å². The molecule has 8 heteroatoms. The molecule has 1 aliphatic rings. The van der Waals surface area contributed by atoms with Gasteiger partial charge in [0.25, 0.3) is 0 Å². The number of carbonyl (C=O) groups is 1. The first-order chi connectivity index (χ1) is 8.17. The van der Waals surface area contributed by atoms with Crippen LogP contribution >= 0.6 is 23.9 Å². The van der Waals surface area contributed by atoms with Gasteiger partial charge in [0, 0.05) is 18.7 Å². The summed E-state index contributed by atoms with van der Waals surface area (Å²) in [6.07, 6.45) is 2.47. The molecule has 6 nitrogen and oxygen atoms in total. The molecule has 1 unspecified atom stereocenters. The van der Waals surface area contributed by atoms with Crippen molar-refractivity contribution < 1.29 is 14.6 Å². The van der Waals surface area contributed by atoms with Gasteiger partial charge in [-0.3, -0.25) is 4.99 Å². The lowest BCUT2D eigenvalue weighted by Gasteiger charge is -2.32. The number of morpholine rings is 1. The van der Waals surface area contributed by atoms with Crippen LogP contribution in [0.4, 0.5) is 4.79 Å². The summed E-state index contributed by atoms with van der Waals surface area (Å²) in [6.45, 7) is 3.72. The lowest BCUT2D eigenvalue weighted by molar-refractivity contribution is 0.00709. The van der Waals surface area contributed by atoms with Crippen LogP contribution in [0.1, 0.15) is 6.92 Å². The average molecular weight is 279 g/mol. The van der Waals surface area contributed by atoms with E-state index >= 15 is 0 Å². The quantitative estimate of drug-likeness (QED) is 0.468. The Kier molecular flexibility index (Phi) is 6.71. The summed E-state index contributed by atoms with van der Waals surface area (Å²) in [6, 6.07) is 0. The molecule has 0 bridgehead atoms. The van der Waals surface area contributed by atoms with Crippen LogP contribution in [-0.4, -0.2) is 64.1 Å². The van der Waals surface area contributed by atoms with Crippen LogP contribution in [0.5, 0.6) is 0 Å². The molecule has 1 amide bonds. The molecule has 1 rings (SSSR count). The van der Waals surface area contributed by atoms with Crippen molar-refractivity contribution in [3.05, 3.63) is 0 Å². The number of ether oxygens (including phenoxy) is 1. The normalized spacial score (nSPS) is 21.9. The van der Waals surface area contributed by atoms with Gasteiger partial charge in [-0.25, -0.2) is 13.4 Å². The number of carboxylic acid groups (broad SMARTS) is 1. The highest BCUT2D eigenvalue weighted by molar-refractivity contribution is 8.00. The van der Waals surface area contributed by atoms with Gasteiger partial charge < -0.3 is 9.84 Å². The zero-order chi connectivity index (χ0) is 12.7. The van der Waals surface area contributed by atoms with Crippen molar-refractivity contribution in [3.63, 3.8) is 0 Å². The Morgan fingerprint density at radius 1 is 1.76 bits per heavy atom. The number of aliphatic imine (C=N–C) groups is 1. The molecule has 1 saturated heterocycles. The van der Waals surface area contributed by atoms with Gasteiger partial charge in [0.15, 0.2) is 6.23 Å². The maximum atomic E-state index is 11.0. The van der Waals surface area contributed by atoms with Crippen LogP contribution in [0, 0.1) is 0 Å². The highest BCUT2D eigenvalue weighted by Crippen LogP contribution is 2.21. The van der Waals surface area contributed by atoms with Crippen LogP contribution in [0.2, 0.25) is 0 Å². The van der Waals surface area contributed by atoms with Crippen molar-refractivity contribution in [2.45, 2.75) is 13.2 Å². The molecular weight excluding hydrogens is 262 g/mol. The predicted octanol–water partition coefficient (Wildman–Crippen LogP) is 1.60. The number of amides is 1. The third-order valence-electron chi connectivity index (χ3n) is 2.00. The Bertz CT molecular complexity index is 278. The Morgan fingerprint density at radius 3 is 3.12 bits per heavy atom. The van der Waals surface area contributed by atoms with Crippen molar-refractivity contribution in [3.8, 4) is 0 Å². The second-order valence-corrected chi connectivity index (χ2v) is 5.24. The highest BCUT2D eigenvalue weighted by Gasteiger charge is 2.24.